The molecule has 0 aromatic carbocycles. The summed E-state index contributed by atoms with van der Waals surface area (Å²) in [6.45, 7) is -1.34. The van der Waals surface area contributed by atoms with E-state index in [4.69, 9.17) is 10.2 Å². The van der Waals surface area contributed by atoms with Crippen LogP contribution in [0.1, 0.15) is 17.5 Å². The van der Waals surface area contributed by atoms with Crippen molar-refractivity contribution in [3.8, 4) is 0 Å². The lowest BCUT2D eigenvalue weighted by molar-refractivity contribution is -0.0791. The Morgan fingerprint density at radius 3 is 2.05 bits per heavy atom. The molecular weight excluding hydrogens is 284 g/mol. The fraction of sp³-hybridized carbons (Fsp3) is 0.667. The second-order valence-electron chi connectivity index (χ2n) is 4.64. The molecule has 0 aliphatic heterocycles. The first-order valence-electron chi connectivity index (χ1n) is 6.33. The zero-order valence-corrected chi connectivity index (χ0v) is 11.2. The SMILES string of the molecule is OC[C@H](O)[C@@H](O)[C@H](O)c1cncc(C[C@H](O)[C@@H](O)CO)n1. The van der Waals surface area contributed by atoms with Gasteiger partial charge in [-0.05, 0) is 0 Å². The minimum Gasteiger partial charge on any atom is -0.394 e. The highest BCUT2D eigenvalue weighted by Crippen LogP contribution is 2.17. The fourth-order valence-corrected chi connectivity index (χ4v) is 1.63. The van der Waals surface area contributed by atoms with E-state index in [9.17, 15) is 25.5 Å². The predicted octanol–water partition coefficient (Wildman–Crippen LogP) is -3.52. The van der Waals surface area contributed by atoms with Crippen LogP contribution in [0.15, 0.2) is 12.4 Å². The second-order valence-corrected chi connectivity index (χ2v) is 4.64. The van der Waals surface area contributed by atoms with Crippen LogP contribution in [0, 0.1) is 0 Å². The van der Waals surface area contributed by atoms with Crippen molar-refractivity contribution in [1.82, 2.24) is 9.97 Å². The van der Waals surface area contributed by atoms with Crippen LogP contribution in [-0.2, 0) is 6.42 Å². The van der Waals surface area contributed by atoms with Crippen LogP contribution in [0.3, 0.4) is 0 Å². The second kappa shape index (κ2) is 8.29. The molecule has 120 valence electrons. The Kier molecular flexibility index (Phi) is 7.05. The summed E-state index contributed by atoms with van der Waals surface area (Å²) >= 11 is 0. The van der Waals surface area contributed by atoms with Gasteiger partial charge in [-0.15, -0.1) is 0 Å². The standard InChI is InChI=1S/C12H20N2O7/c15-4-9(18)8(17)1-6-2-13-3-7(14-6)11(20)12(21)10(19)5-16/h2-3,8-12,15-21H,1,4-5H2/t8-,9-,10-,11+,12+/m0/s1. The first-order valence-corrected chi connectivity index (χ1v) is 6.33. The molecule has 0 aliphatic carbocycles. The molecule has 0 unspecified atom stereocenters. The molecule has 1 heterocycles. The normalized spacial score (nSPS) is 18.8. The molecule has 0 radical (unpaired) electrons. The van der Waals surface area contributed by atoms with Gasteiger partial charge in [-0.3, -0.25) is 9.97 Å². The fourth-order valence-electron chi connectivity index (χ4n) is 1.63. The van der Waals surface area contributed by atoms with E-state index in [1.165, 1.54) is 6.20 Å². The number of aromatic nitrogens is 2. The average Bonchev–Trinajstić information content (AvgIpc) is 2.51. The summed E-state index contributed by atoms with van der Waals surface area (Å²) in [5, 5.41) is 65.0. The van der Waals surface area contributed by atoms with E-state index in [1.54, 1.807) is 0 Å². The van der Waals surface area contributed by atoms with E-state index in [-0.39, 0.29) is 17.8 Å². The molecule has 0 saturated heterocycles. The topological polar surface area (TPSA) is 167 Å². The quantitative estimate of drug-likeness (QED) is 0.257. The number of aliphatic hydroxyl groups is 7. The van der Waals surface area contributed by atoms with Crippen molar-refractivity contribution in [3.63, 3.8) is 0 Å². The zero-order chi connectivity index (χ0) is 16.0. The summed E-state index contributed by atoms with van der Waals surface area (Å²) in [6, 6.07) is 0. The molecular formula is C12H20N2O7. The molecule has 0 fully saturated rings. The summed E-state index contributed by atoms with van der Waals surface area (Å²) in [7, 11) is 0. The molecule has 1 aromatic rings. The number of aliphatic hydroxyl groups excluding tert-OH is 7. The van der Waals surface area contributed by atoms with Gasteiger partial charge >= 0.3 is 0 Å². The summed E-state index contributed by atoms with van der Waals surface area (Å²) in [6.07, 6.45) is -5.01. The Balaban J connectivity index is 2.80. The van der Waals surface area contributed by atoms with Gasteiger partial charge in [0.15, 0.2) is 0 Å². The highest BCUT2D eigenvalue weighted by Gasteiger charge is 2.27. The lowest BCUT2D eigenvalue weighted by atomic mass is 10.1. The van der Waals surface area contributed by atoms with Crippen molar-refractivity contribution in [2.75, 3.05) is 13.2 Å². The van der Waals surface area contributed by atoms with E-state index < -0.39 is 43.7 Å². The van der Waals surface area contributed by atoms with Gasteiger partial charge in [-0.25, -0.2) is 0 Å². The first kappa shape index (κ1) is 17.9. The predicted molar refractivity (Wildman–Crippen MR) is 68.9 cm³/mol. The molecule has 1 rings (SSSR count). The van der Waals surface area contributed by atoms with Crippen molar-refractivity contribution >= 4 is 0 Å². The largest absolute Gasteiger partial charge is 0.394 e. The van der Waals surface area contributed by atoms with Crippen LogP contribution in [0.4, 0.5) is 0 Å². The number of hydrogen-bond donors (Lipinski definition) is 7. The molecule has 0 aliphatic rings. The lowest BCUT2D eigenvalue weighted by Crippen LogP contribution is -2.35. The van der Waals surface area contributed by atoms with E-state index in [0.717, 1.165) is 6.20 Å². The molecule has 21 heavy (non-hydrogen) atoms. The maximum atomic E-state index is 9.83. The van der Waals surface area contributed by atoms with Gasteiger partial charge in [-0.1, -0.05) is 0 Å². The van der Waals surface area contributed by atoms with E-state index in [1.807, 2.05) is 0 Å². The molecule has 0 saturated carbocycles. The summed E-state index contributed by atoms with van der Waals surface area (Å²) < 4.78 is 0. The van der Waals surface area contributed by atoms with Crippen LogP contribution in [0.25, 0.3) is 0 Å². The van der Waals surface area contributed by atoms with Gasteiger partial charge < -0.3 is 35.7 Å². The van der Waals surface area contributed by atoms with Crippen molar-refractivity contribution in [2.45, 2.75) is 36.9 Å². The highest BCUT2D eigenvalue weighted by atomic mass is 16.4. The molecule has 9 nitrogen and oxygen atoms in total. The molecule has 5 atom stereocenters. The Hall–Kier alpha value is -1.20. The molecule has 0 bridgehead atoms. The number of hydrogen-bond acceptors (Lipinski definition) is 9. The maximum absolute atomic E-state index is 9.83. The Morgan fingerprint density at radius 1 is 0.857 bits per heavy atom. The van der Waals surface area contributed by atoms with E-state index in [2.05, 4.69) is 9.97 Å². The van der Waals surface area contributed by atoms with Crippen molar-refractivity contribution in [1.29, 1.82) is 0 Å². The summed E-state index contributed by atoms with van der Waals surface area (Å²) in [5.41, 5.74) is 0.162. The van der Waals surface area contributed by atoms with E-state index >= 15 is 0 Å². The molecule has 9 heteroatoms. The Bertz CT molecular complexity index is 434. The molecule has 0 amide bonds. The smallest absolute Gasteiger partial charge is 0.126 e. The Labute approximate surface area is 120 Å². The third-order valence-corrected chi connectivity index (χ3v) is 2.96. The molecule has 0 spiro atoms. The van der Waals surface area contributed by atoms with Crippen LogP contribution < -0.4 is 0 Å². The summed E-state index contributed by atoms with van der Waals surface area (Å²) in [5.74, 6) is 0. The number of rotatable bonds is 8. The third kappa shape index (κ3) is 4.93. The first-order chi connectivity index (χ1) is 9.90. The van der Waals surface area contributed by atoms with Crippen LogP contribution in [0.5, 0.6) is 0 Å². The highest BCUT2D eigenvalue weighted by molar-refractivity contribution is 5.09. The van der Waals surface area contributed by atoms with Crippen LogP contribution in [-0.4, -0.2) is 83.3 Å². The Morgan fingerprint density at radius 2 is 1.48 bits per heavy atom. The average molecular weight is 304 g/mol. The van der Waals surface area contributed by atoms with Gasteiger partial charge in [0.25, 0.3) is 0 Å². The van der Waals surface area contributed by atoms with Gasteiger partial charge in [0.1, 0.15) is 24.4 Å². The minimum atomic E-state index is -1.65. The third-order valence-electron chi connectivity index (χ3n) is 2.96. The monoisotopic (exact) mass is 304 g/mol. The lowest BCUT2D eigenvalue weighted by Gasteiger charge is -2.21. The van der Waals surface area contributed by atoms with Crippen LogP contribution in [0.2, 0.25) is 0 Å². The van der Waals surface area contributed by atoms with E-state index in [0.29, 0.717) is 0 Å². The van der Waals surface area contributed by atoms with Crippen molar-refractivity contribution in [3.05, 3.63) is 23.8 Å². The van der Waals surface area contributed by atoms with Crippen molar-refractivity contribution < 1.29 is 35.7 Å². The summed E-state index contributed by atoms with van der Waals surface area (Å²) in [4.78, 5) is 7.73. The molecule has 1 aromatic heterocycles. The number of nitrogens with zero attached hydrogens (tertiary/aromatic N) is 2. The van der Waals surface area contributed by atoms with Gasteiger partial charge in [-0.2, -0.15) is 0 Å². The van der Waals surface area contributed by atoms with Gasteiger partial charge in [0.05, 0.1) is 36.9 Å². The maximum Gasteiger partial charge on any atom is 0.126 e. The van der Waals surface area contributed by atoms with Gasteiger partial charge in [0, 0.05) is 12.6 Å². The minimum absolute atomic E-state index is 0.0572. The van der Waals surface area contributed by atoms with Crippen molar-refractivity contribution in [2.24, 2.45) is 0 Å². The van der Waals surface area contributed by atoms with Crippen LogP contribution >= 0.6 is 0 Å². The zero-order valence-electron chi connectivity index (χ0n) is 11.2. The molecule has 7 N–H and O–H groups in total. The van der Waals surface area contributed by atoms with Gasteiger partial charge in [0.2, 0.25) is 0 Å².